The highest BCUT2D eigenvalue weighted by molar-refractivity contribution is 7.98. The van der Waals surface area contributed by atoms with Crippen molar-refractivity contribution in [3.8, 4) is 6.07 Å². The zero-order chi connectivity index (χ0) is 10.1. The van der Waals surface area contributed by atoms with Crippen molar-refractivity contribution in [3.63, 3.8) is 0 Å². The Kier molecular flexibility index (Phi) is 2.34. The van der Waals surface area contributed by atoms with Gasteiger partial charge in [0.15, 0.2) is 0 Å². The number of nitrogens with one attached hydrogen (secondary N) is 1. The van der Waals surface area contributed by atoms with Gasteiger partial charge >= 0.3 is 0 Å². The minimum absolute atomic E-state index is 0.102. The molecule has 1 saturated carbocycles. The van der Waals surface area contributed by atoms with Gasteiger partial charge in [-0.25, -0.2) is 0 Å². The number of aromatic amines is 1. The van der Waals surface area contributed by atoms with Gasteiger partial charge < -0.3 is 4.98 Å². The lowest BCUT2D eigenvalue weighted by molar-refractivity contribution is 0.993. The zero-order valence-corrected chi connectivity index (χ0v) is 8.65. The Morgan fingerprint density at radius 1 is 1.64 bits per heavy atom. The van der Waals surface area contributed by atoms with E-state index < -0.39 is 0 Å². The summed E-state index contributed by atoms with van der Waals surface area (Å²) in [7, 11) is 0. The van der Waals surface area contributed by atoms with Gasteiger partial charge in [0.2, 0.25) is 5.56 Å². The number of aromatic nitrogens is 1. The molecule has 0 aliphatic heterocycles. The van der Waals surface area contributed by atoms with E-state index >= 15 is 0 Å². The zero-order valence-electron chi connectivity index (χ0n) is 7.83. The lowest BCUT2D eigenvalue weighted by Gasteiger charge is -2.04. The van der Waals surface area contributed by atoms with E-state index in [0.29, 0.717) is 16.5 Å². The van der Waals surface area contributed by atoms with Crippen molar-refractivity contribution < 1.29 is 0 Å². The molecule has 3 nitrogen and oxygen atoms in total. The molecule has 0 atom stereocenters. The van der Waals surface area contributed by atoms with E-state index in [4.69, 9.17) is 5.26 Å². The normalized spacial score (nSPS) is 15.1. The first-order valence-electron chi connectivity index (χ1n) is 4.47. The second-order valence-corrected chi connectivity index (χ2v) is 4.20. The van der Waals surface area contributed by atoms with Crippen LogP contribution in [0.5, 0.6) is 0 Å². The summed E-state index contributed by atoms with van der Waals surface area (Å²) in [6.45, 7) is 0. The lowest BCUT2D eigenvalue weighted by Crippen LogP contribution is -2.09. The molecule has 1 aromatic heterocycles. The van der Waals surface area contributed by atoms with E-state index in [2.05, 4.69) is 11.1 Å². The van der Waals surface area contributed by atoms with Crippen molar-refractivity contribution in [2.45, 2.75) is 23.8 Å². The van der Waals surface area contributed by atoms with Crippen molar-refractivity contribution >= 4 is 11.8 Å². The number of pyridine rings is 1. The molecule has 1 aliphatic carbocycles. The molecule has 72 valence electrons. The first-order valence-corrected chi connectivity index (χ1v) is 5.70. The maximum atomic E-state index is 11.3. The molecule has 0 saturated heterocycles. The van der Waals surface area contributed by atoms with Crippen LogP contribution in [0.3, 0.4) is 0 Å². The summed E-state index contributed by atoms with van der Waals surface area (Å²) in [5, 5.41) is 9.71. The van der Waals surface area contributed by atoms with Crippen LogP contribution in [0, 0.1) is 11.3 Å². The monoisotopic (exact) mass is 206 g/mol. The van der Waals surface area contributed by atoms with Crippen LogP contribution in [0.25, 0.3) is 0 Å². The molecule has 0 radical (unpaired) electrons. The summed E-state index contributed by atoms with van der Waals surface area (Å²) in [4.78, 5) is 14.0. The standard InChI is InChI=1S/C10H10N2OS/c1-14-10-8(5-11)7(6-2-3-6)4-9(13)12-10/h4,6H,2-3H2,1H3,(H,12,13). The van der Waals surface area contributed by atoms with E-state index in [9.17, 15) is 4.79 Å². The van der Waals surface area contributed by atoms with Crippen LogP contribution in [-0.2, 0) is 0 Å². The second-order valence-electron chi connectivity index (χ2n) is 3.38. The first-order chi connectivity index (χ1) is 6.76. The molecule has 1 fully saturated rings. The molecule has 2 rings (SSSR count). The van der Waals surface area contributed by atoms with Crippen LogP contribution in [-0.4, -0.2) is 11.2 Å². The number of nitrogens with zero attached hydrogens (tertiary/aromatic N) is 1. The van der Waals surface area contributed by atoms with Crippen LogP contribution in [0.2, 0.25) is 0 Å². The predicted molar refractivity (Wildman–Crippen MR) is 55.5 cm³/mol. The fraction of sp³-hybridized carbons (Fsp3) is 0.400. The molecular formula is C10H10N2OS. The topological polar surface area (TPSA) is 56.6 Å². The molecule has 1 N–H and O–H groups in total. The van der Waals surface area contributed by atoms with Crippen LogP contribution >= 0.6 is 11.8 Å². The van der Waals surface area contributed by atoms with Gasteiger partial charge in [0.25, 0.3) is 0 Å². The molecule has 0 amide bonds. The third kappa shape index (κ3) is 1.55. The summed E-state index contributed by atoms with van der Waals surface area (Å²) < 4.78 is 0. The predicted octanol–water partition coefficient (Wildman–Crippen LogP) is 1.85. The minimum atomic E-state index is -0.102. The summed E-state index contributed by atoms with van der Waals surface area (Å²) in [6.07, 6.45) is 4.07. The summed E-state index contributed by atoms with van der Waals surface area (Å²) in [6, 6.07) is 3.74. The molecule has 1 heterocycles. The van der Waals surface area contributed by atoms with Crippen molar-refractivity contribution in [2.75, 3.05) is 6.26 Å². The lowest BCUT2D eigenvalue weighted by atomic mass is 10.1. The number of nitriles is 1. The highest BCUT2D eigenvalue weighted by Crippen LogP contribution is 2.42. The van der Waals surface area contributed by atoms with Crippen molar-refractivity contribution in [1.29, 1.82) is 5.26 Å². The van der Waals surface area contributed by atoms with Crippen LogP contribution in [0.1, 0.15) is 29.9 Å². The second kappa shape index (κ2) is 3.50. The number of thioether (sulfide) groups is 1. The van der Waals surface area contributed by atoms with Gasteiger partial charge in [-0.15, -0.1) is 11.8 Å². The molecule has 14 heavy (non-hydrogen) atoms. The van der Waals surface area contributed by atoms with E-state index in [1.54, 1.807) is 6.07 Å². The maximum absolute atomic E-state index is 11.3. The third-order valence-electron chi connectivity index (χ3n) is 2.37. The first kappa shape index (κ1) is 9.35. The van der Waals surface area contributed by atoms with Gasteiger partial charge in [-0.05, 0) is 30.6 Å². The largest absolute Gasteiger partial charge is 0.316 e. The number of hydrogen-bond donors (Lipinski definition) is 1. The Morgan fingerprint density at radius 2 is 2.36 bits per heavy atom. The average molecular weight is 206 g/mol. The summed E-state index contributed by atoms with van der Waals surface area (Å²) in [5.41, 5.74) is 1.48. The van der Waals surface area contributed by atoms with Gasteiger partial charge in [0, 0.05) is 6.07 Å². The fourth-order valence-electron chi connectivity index (χ4n) is 1.54. The Balaban J connectivity index is 2.62. The van der Waals surface area contributed by atoms with Gasteiger partial charge in [0.05, 0.1) is 10.6 Å². The smallest absolute Gasteiger partial charge is 0.249 e. The molecule has 0 aromatic carbocycles. The molecule has 1 aromatic rings. The molecule has 4 heteroatoms. The number of hydrogen-bond acceptors (Lipinski definition) is 3. The number of rotatable bonds is 2. The highest BCUT2D eigenvalue weighted by Gasteiger charge is 2.27. The van der Waals surface area contributed by atoms with Gasteiger partial charge in [-0.1, -0.05) is 0 Å². The molecule has 0 bridgehead atoms. The maximum Gasteiger partial charge on any atom is 0.249 e. The van der Waals surface area contributed by atoms with E-state index in [-0.39, 0.29) is 5.56 Å². The van der Waals surface area contributed by atoms with Crippen molar-refractivity contribution in [3.05, 3.63) is 27.5 Å². The summed E-state index contributed by atoms with van der Waals surface area (Å²) >= 11 is 1.42. The van der Waals surface area contributed by atoms with E-state index in [1.807, 2.05) is 6.26 Å². The third-order valence-corrected chi connectivity index (χ3v) is 3.09. The SMILES string of the molecule is CSc1[nH]c(=O)cc(C2CC2)c1C#N. The fourth-order valence-corrected chi connectivity index (χ4v) is 2.11. The highest BCUT2D eigenvalue weighted by atomic mass is 32.2. The molecular weight excluding hydrogens is 196 g/mol. The average Bonchev–Trinajstić information content (AvgIpc) is 2.99. The Labute approximate surface area is 86.1 Å². The molecule has 0 unspecified atom stereocenters. The van der Waals surface area contributed by atoms with E-state index in [0.717, 1.165) is 18.4 Å². The van der Waals surface area contributed by atoms with Gasteiger partial charge in [-0.2, -0.15) is 5.26 Å². The molecule has 1 aliphatic rings. The quantitative estimate of drug-likeness (QED) is 0.751. The minimum Gasteiger partial charge on any atom is -0.316 e. The van der Waals surface area contributed by atoms with Gasteiger partial charge in [0.1, 0.15) is 6.07 Å². The van der Waals surface area contributed by atoms with Crippen molar-refractivity contribution in [1.82, 2.24) is 4.98 Å². The van der Waals surface area contributed by atoms with Crippen LogP contribution in [0.15, 0.2) is 15.9 Å². The van der Waals surface area contributed by atoms with Gasteiger partial charge in [-0.3, -0.25) is 4.79 Å². The summed E-state index contributed by atoms with van der Waals surface area (Å²) in [5.74, 6) is 0.442. The van der Waals surface area contributed by atoms with Crippen molar-refractivity contribution in [2.24, 2.45) is 0 Å². The van der Waals surface area contributed by atoms with Crippen LogP contribution < -0.4 is 5.56 Å². The Hall–Kier alpha value is -1.21. The Morgan fingerprint density at radius 3 is 2.86 bits per heavy atom. The van der Waals surface area contributed by atoms with Crippen LogP contribution in [0.4, 0.5) is 0 Å². The molecule has 0 spiro atoms. The Bertz CT molecular complexity index is 454. The van der Waals surface area contributed by atoms with E-state index in [1.165, 1.54) is 11.8 Å². The number of H-pyrrole nitrogens is 1.